The Bertz CT molecular complexity index is 551. The minimum absolute atomic E-state index is 0.309. The molecule has 3 nitrogen and oxygen atoms in total. The number of rotatable bonds is 5. The first kappa shape index (κ1) is 14.0. The molecular weight excluding hydrogens is 262 g/mol. The third-order valence-corrected chi connectivity index (χ3v) is 3.37. The molecule has 1 heterocycles. The molecule has 2 aromatic rings. The Morgan fingerprint density at radius 3 is 2.79 bits per heavy atom. The maximum absolute atomic E-state index is 6.03. The average Bonchev–Trinajstić information content (AvgIpc) is 2.88. The molecule has 1 aromatic carbocycles. The number of benzene rings is 1. The van der Waals surface area contributed by atoms with E-state index in [1.165, 1.54) is 0 Å². The average molecular weight is 280 g/mol. The van der Waals surface area contributed by atoms with Gasteiger partial charge in [-0.1, -0.05) is 18.5 Å². The van der Waals surface area contributed by atoms with Gasteiger partial charge in [0.2, 0.25) is 0 Å². The van der Waals surface area contributed by atoms with Crippen LogP contribution in [0.25, 0.3) is 11.3 Å². The molecule has 0 bridgehead atoms. The van der Waals surface area contributed by atoms with E-state index in [4.69, 9.17) is 26.5 Å². The minimum Gasteiger partial charge on any atom is -0.496 e. The van der Waals surface area contributed by atoms with Crippen molar-refractivity contribution in [3.63, 3.8) is 0 Å². The van der Waals surface area contributed by atoms with Gasteiger partial charge in [0, 0.05) is 10.9 Å². The van der Waals surface area contributed by atoms with Crippen molar-refractivity contribution in [2.45, 2.75) is 19.3 Å². The molecule has 0 aliphatic rings. The van der Waals surface area contributed by atoms with Gasteiger partial charge in [-0.05, 0) is 43.3 Å². The van der Waals surface area contributed by atoms with E-state index in [-0.39, 0.29) is 0 Å². The zero-order chi connectivity index (χ0) is 13.8. The molecule has 0 saturated heterocycles. The molecule has 0 radical (unpaired) electrons. The topological polar surface area (TPSA) is 48.4 Å². The Morgan fingerprint density at radius 1 is 1.32 bits per heavy atom. The molecule has 19 heavy (non-hydrogen) atoms. The van der Waals surface area contributed by atoms with Crippen LogP contribution in [0.5, 0.6) is 5.75 Å². The summed E-state index contributed by atoms with van der Waals surface area (Å²) in [6, 6.07) is 9.40. The van der Waals surface area contributed by atoms with Crippen molar-refractivity contribution in [2.24, 2.45) is 5.73 Å². The number of methoxy groups -OCH3 is 1. The molecule has 0 aliphatic carbocycles. The summed E-state index contributed by atoms with van der Waals surface area (Å²) in [6.07, 6.45) is 0.902. The van der Waals surface area contributed by atoms with E-state index in [0.29, 0.717) is 17.5 Å². The monoisotopic (exact) mass is 279 g/mol. The van der Waals surface area contributed by atoms with E-state index < -0.39 is 0 Å². The fraction of sp³-hybridized carbons (Fsp3) is 0.333. The van der Waals surface area contributed by atoms with Gasteiger partial charge in [-0.25, -0.2) is 0 Å². The zero-order valence-electron chi connectivity index (χ0n) is 11.2. The highest BCUT2D eigenvalue weighted by molar-refractivity contribution is 6.30. The van der Waals surface area contributed by atoms with E-state index >= 15 is 0 Å². The van der Waals surface area contributed by atoms with Gasteiger partial charge in [0.05, 0.1) is 12.7 Å². The predicted octanol–water partition coefficient (Wildman–Crippen LogP) is 4.06. The van der Waals surface area contributed by atoms with E-state index in [1.807, 2.05) is 24.3 Å². The lowest BCUT2D eigenvalue weighted by atomic mass is 10.1. The number of hydrogen-bond donors (Lipinski definition) is 1. The number of nitrogens with two attached hydrogens (primary N) is 1. The highest BCUT2D eigenvalue weighted by Gasteiger charge is 2.14. The number of hydrogen-bond acceptors (Lipinski definition) is 3. The van der Waals surface area contributed by atoms with Crippen LogP contribution in [0.3, 0.4) is 0 Å². The van der Waals surface area contributed by atoms with Crippen LogP contribution in [0.1, 0.15) is 25.0 Å². The van der Waals surface area contributed by atoms with Crippen LogP contribution >= 0.6 is 11.6 Å². The quantitative estimate of drug-likeness (QED) is 0.898. The Labute approximate surface area is 118 Å². The fourth-order valence-corrected chi connectivity index (χ4v) is 2.20. The first-order valence-electron chi connectivity index (χ1n) is 6.29. The fourth-order valence-electron chi connectivity index (χ4n) is 2.03. The van der Waals surface area contributed by atoms with Gasteiger partial charge in [0.15, 0.2) is 0 Å². The maximum atomic E-state index is 6.03. The molecule has 4 heteroatoms. The standard InChI is InChI=1S/C15H18ClNO2/c1-10(7-8-17)13-5-6-15(19-13)12-9-11(16)3-4-14(12)18-2/h3-6,9-10H,7-8,17H2,1-2H3. The summed E-state index contributed by atoms with van der Waals surface area (Å²) in [5.74, 6) is 2.75. The van der Waals surface area contributed by atoms with Crippen LogP contribution in [-0.4, -0.2) is 13.7 Å². The predicted molar refractivity (Wildman–Crippen MR) is 77.8 cm³/mol. The Kier molecular flexibility index (Phi) is 4.51. The molecule has 102 valence electrons. The van der Waals surface area contributed by atoms with Crippen molar-refractivity contribution >= 4 is 11.6 Å². The summed E-state index contributed by atoms with van der Waals surface area (Å²) >= 11 is 6.03. The summed E-state index contributed by atoms with van der Waals surface area (Å²) in [5, 5.41) is 0.656. The van der Waals surface area contributed by atoms with E-state index in [9.17, 15) is 0 Å². The van der Waals surface area contributed by atoms with Crippen molar-refractivity contribution < 1.29 is 9.15 Å². The summed E-state index contributed by atoms with van der Waals surface area (Å²) < 4.78 is 11.2. The molecule has 1 unspecified atom stereocenters. The molecule has 1 aromatic heterocycles. The lowest BCUT2D eigenvalue weighted by Crippen LogP contribution is -2.03. The van der Waals surface area contributed by atoms with Gasteiger partial charge in [0.1, 0.15) is 17.3 Å². The van der Waals surface area contributed by atoms with Crippen LogP contribution in [0.2, 0.25) is 5.02 Å². The second kappa shape index (κ2) is 6.13. The summed E-state index contributed by atoms with van der Waals surface area (Å²) in [5.41, 5.74) is 6.43. The number of furan rings is 1. The third-order valence-electron chi connectivity index (χ3n) is 3.14. The van der Waals surface area contributed by atoms with Crippen LogP contribution < -0.4 is 10.5 Å². The van der Waals surface area contributed by atoms with Gasteiger partial charge in [0.25, 0.3) is 0 Å². The van der Waals surface area contributed by atoms with Crippen LogP contribution in [0, 0.1) is 0 Å². The van der Waals surface area contributed by atoms with E-state index in [1.54, 1.807) is 13.2 Å². The van der Waals surface area contributed by atoms with Crippen LogP contribution in [-0.2, 0) is 0 Å². The highest BCUT2D eigenvalue weighted by Crippen LogP contribution is 2.35. The Hall–Kier alpha value is -1.45. The summed E-state index contributed by atoms with van der Waals surface area (Å²) in [6.45, 7) is 2.75. The molecule has 0 saturated carbocycles. The highest BCUT2D eigenvalue weighted by atomic mass is 35.5. The molecule has 0 spiro atoms. The van der Waals surface area contributed by atoms with Crippen molar-refractivity contribution in [2.75, 3.05) is 13.7 Å². The lowest BCUT2D eigenvalue weighted by Gasteiger charge is -2.08. The van der Waals surface area contributed by atoms with Gasteiger partial charge in [-0.15, -0.1) is 0 Å². The van der Waals surface area contributed by atoms with Crippen molar-refractivity contribution in [1.29, 1.82) is 0 Å². The van der Waals surface area contributed by atoms with E-state index in [0.717, 1.165) is 29.3 Å². The molecular formula is C15H18ClNO2. The molecule has 2 N–H and O–H groups in total. The van der Waals surface area contributed by atoms with Crippen LogP contribution in [0.4, 0.5) is 0 Å². The smallest absolute Gasteiger partial charge is 0.138 e. The zero-order valence-corrected chi connectivity index (χ0v) is 11.9. The maximum Gasteiger partial charge on any atom is 0.138 e. The molecule has 1 atom stereocenters. The summed E-state index contributed by atoms with van der Waals surface area (Å²) in [7, 11) is 1.63. The van der Waals surface area contributed by atoms with Gasteiger partial charge < -0.3 is 14.9 Å². The molecule has 2 rings (SSSR count). The molecule has 0 amide bonds. The lowest BCUT2D eigenvalue weighted by molar-refractivity contribution is 0.413. The molecule has 0 aliphatic heterocycles. The second-order valence-corrected chi connectivity index (χ2v) is 4.96. The number of ether oxygens (including phenoxy) is 1. The Balaban J connectivity index is 2.34. The SMILES string of the molecule is COc1ccc(Cl)cc1-c1ccc(C(C)CCN)o1. The number of halogens is 1. The van der Waals surface area contributed by atoms with Gasteiger partial charge >= 0.3 is 0 Å². The largest absolute Gasteiger partial charge is 0.496 e. The minimum atomic E-state index is 0.309. The molecule has 0 fully saturated rings. The third kappa shape index (κ3) is 3.11. The van der Waals surface area contributed by atoms with Crippen LogP contribution in [0.15, 0.2) is 34.7 Å². The normalized spacial score (nSPS) is 12.4. The first-order valence-corrected chi connectivity index (χ1v) is 6.67. The second-order valence-electron chi connectivity index (χ2n) is 4.53. The summed E-state index contributed by atoms with van der Waals surface area (Å²) in [4.78, 5) is 0. The Morgan fingerprint density at radius 2 is 2.11 bits per heavy atom. The van der Waals surface area contributed by atoms with Gasteiger partial charge in [-0.3, -0.25) is 0 Å². The van der Waals surface area contributed by atoms with E-state index in [2.05, 4.69) is 6.92 Å². The van der Waals surface area contributed by atoms with Crippen molar-refractivity contribution in [3.05, 3.63) is 41.1 Å². The first-order chi connectivity index (χ1) is 9.15. The van der Waals surface area contributed by atoms with Crippen molar-refractivity contribution in [3.8, 4) is 17.1 Å². The van der Waals surface area contributed by atoms with Gasteiger partial charge in [-0.2, -0.15) is 0 Å². The van der Waals surface area contributed by atoms with Crippen molar-refractivity contribution in [1.82, 2.24) is 0 Å².